The monoisotopic (exact) mass is 254 g/mol. The number of nitrogens with one attached hydrogen (secondary N) is 1. The predicted octanol–water partition coefficient (Wildman–Crippen LogP) is 1.42. The van der Waals surface area contributed by atoms with Crippen LogP contribution in [0.2, 0.25) is 0 Å². The molecular formula is C12H18N2O4. The van der Waals surface area contributed by atoms with Gasteiger partial charge >= 0.3 is 0 Å². The van der Waals surface area contributed by atoms with Crippen LogP contribution in [0.25, 0.3) is 0 Å². The molecule has 0 saturated heterocycles. The summed E-state index contributed by atoms with van der Waals surface area (Å²) in [5.74, 6) is 1.91. The summed E-state index contributed by atoms with van der Waals surface area (Å²) >= 11 is 0. The van der Waals surface area contributed by atoms with Gasteiger partial charge in [0.1, 0.15) is 11.6 Å². The summed E-state index contributed by atoms with van der Waals surface area (Å²) in [5.41, 5.74) is 5.35. The van der Waals surface area contributed by atoms with E-state index in [0.717, 1.165) is 0 Å². The maximum atomic E-state index is 7.29. The lowest BCUT2D eigenvalue weighted by molar-refractivity contribution is 0.275. The molecule has 18 heavy (non-hydrogen) atoms. The van der Waals surface area contributed by atoms with E-state index >= 15 is 0 Å². The Morgan fingerprint density at radius 1 is 1.11 bits per heavy atom. The lowest BCUT2D eigenvalue weighted by atomic mass is 10.2. The third kappa shape index (κ3) is 2.97. The molecule has 0 amide bonds. The Hall–Kier alpha value is -2.11. The minimum atomic E-state index is -0.521. The van der Waals surface area contributed by atoms with Crippen molar-refractivity contribution >= 4 is 5.84 Å². The molecule has 0 saturated carbocycles. The zero-order chi connectivity index (χ0) is 13.7. The highest BCUT2D eigenvalue weighted by atomic mass is 16.5. The summed E-state index contributed by atoms with van der Waals surface area (Å²) in [7, 11) is 4.57. The first-order valence-electron chi connectivity index (χ1n) is 5.34. The molecule has 0 radical (unpaired) electrons. The first kappa shape index (κ1) is 14.0. The highest BCUT2D eigenvalue weighted by Gasteiger charge is 2.15. The van der Waals surface area contributed by atoms with E-state index in [1.165, 1.54) is 21.3 Å². The van der Waals surface area contributed by atoms with Gasteiger partial charge in [0.2, 0.25) is 5.75 Å². The van der Waals surface area contributed by atoms with Gasteiger partial charge in [0.25, 0.3) is 0 Å². The van der Waals surface area contributed by atoms with Crippen LogP contribution in [0, 0.1) is 5.41 Å². The topological polar surface area (TPSA) is 86.8 Å². The van der Waals surface area contributed by atoms with Gasteiger partial charge in [-0.05, 0) is 6.92 Å². The maximum absolute atomic E-state index is 7.29. The van der Waals surface area contributed by atoms with Crippen molar-refractivity contribution in [1.82, 2.24) is 0 Å². The van der Waals surface area contributed by atoms with Gasteiger partial charge in [-0.2, -0.15) is 0 Å². The van der Waals surface area contributed by atoms with E-state index in [0.29, 0.717) is 23.0 Å². The SMILES string of the molecule is COc1cc(OC(C)C(=N)N)cc(OC)c1OC. The van der Waals surface area contributed by atoms with Crippen LogP contribution in [-0.2, 0) is 0 Å². The molecule has 0 aromatic heterocycles. The van der Waals surface area contributed by atoms with Gasteiger partial charge in [-0.15, -0.1) is 0 Å². The van der Waals surface area contributed by atoms with Gasteiger partial charge in [0, 0.05) is 12.1 Å². The molecule has 0 heterocycles. The normalized spacial score (nSPS) is 11.6. The minimum absolute atomic E-state index is 0.0521. The molecule has 1 unspecified atom stereocenters. The van der Waals surface area contributed by atoms with Crippen molar-refractivity contribution in [2.24, 2.45) is 5.73 Å². The highest BCUT2D eigenvalue weighted by molar-refractivity contribution is 5.81. The van der Waals surface area contributed by atoms with Crippen molar-refractivity contribution in [1.29, 1.82) is 5.41 Å². The number of hydrogen-bond acceptors (Lipinski definition) is 5. The van der Waals surface area contributed by atoms with Crippen molar-refractivity contribution in [2.75, 3.05) is 21.3 Å². The zero-order valence-electron chi connectivity index (χ0n) is 10.9. The molecule has 1 aromatic carbocycles. The summed E-state index contributed by atoms with van der Waals surface area (Å²) in [4.78, 5) is 0. The Labute approximate surface area is 106 Å². The first-order chi connectivity index (χ1) is 8.53. The van der Waals surface area contributed by atoms with Crippen LogP contribution >= 0.6 is 0 Å². The summed E-state index contributed by atoms with van der Waals surface area (Å²) in [6.45, 7) is 1.69. The number of rotatable bonds is 6. The second kappa shape index (κ2) is 6.00. The Morgan fingerprint density at radius 2 is 1.61 bits per heavy atom. The molecule has 0 aliphatic carbocycles. The van der Waals surface area contributed by atoms with Crippen LogP contribution in [-0.4, -0.2) is 33.3 Å². The zero-order valence-corrected chi connectivity index (χ0v) is 10.9. The molecule has 0 aliphatic heterocycles. The molecule has 0 aliphatic rings. The number of ether oxygens (including phenoxy) is 4. The minimum Gasteiger partial charge on any atom is -0.493 e. The van der Waals surface area contributed by atoms with E-state index in [1.54, 1.807) is 19.1 Å². The second-order valence-electron chi connectivity index (χ2n) is 3.58. The van der Waals surface area contributed by atoms with Gasteiger partial charge in [0.15, 0.2) is 17.6 Å². The van der Waals surface area contributed by atoms with E-state index in [1.807, 2.05) is 0 Å². The fourth-order valence-corrected chi connectivity index (χ4v) is 1.39. The van der Waals surface area contributed by atoms with Crippen molar-refractivity contribution in [2.45, 2.75) is 13.0 Å². The lowest BCUT2D eigenvalue weighted by Crippen LogP contribution is -2.30. The number of hydrogen-bond donors (Lipinski definition) is 2. The van der Waals surface area contributed by atoms with Gasteiger partial charge in [-0.1, -0.05) is 0 Å². The van der Waals surface area contributed by atoms with Crippen LogP contribution in [0.1, 0.15) is 6.92 Å². The van der Waals surface area contributed by atoms with E-state index in [2.05, 4.69) is 0 Å². The molecule has 1 rings (SSSR count). The number of nitrogens with two attached hydrogens (primary N) is 1. The van der Waals surface area contributed by atoms with Crippen LogP contribution in [0.4, 0.5) is 0 Å². The van der Waals surface area contributed by atoms with Crippen molar-refractivity contribution in [3.63, 3.8) is 0 Å². The molecule has 0 bridgehead atoms. The summed E-state index contributed by atoms with van der Waals surface area (Å²) < 4.78 is 21.1. The Morgan fingerprint density at radius 3 is 1.94 bits per heavy atom. The van der Waals surface area contributed by atoms with E-state index in [-0.39, 0.29) is 5.84 Å². The largest absolute Gasteiger partial charge is 0.493 e. The van der Waals surface area contributed by atoms with E-state index < -0.39 is 6.10 Å². The molecule has 0 fully saturated rings. The summed E-state index contributed by atoms with van der Waals surface area (Å²) in [5, 5.41) is 7.29. The number of amidine groups is 1. The Kier molecular flexibility index (Phi) is 4.65. The lowest BCUT2D eigenvalue weighted by Gasteiger charge is -2.17. The molecule has 1 aromatic rings. The third-order valence-corrected chi connectivity index (χ3v) is 2.39. The molecule has 100 valence electrons. The van der Waals surface area contributed by atoms with Crippen LogP contribution in [0.3, 0.4) is 0 Å². The van der Waals surface area contributed by atoms with Crippen LogP contribution < -0.4 is 24.7 Å². The average molecular weight is 254 g/mol. The summed E-state index contributed by atoms with van der Waals surface area (Å²) in [6, 6.07) is 3.31. The molecule has 0 spiro atoms. The molecule has 6 heteroatoms. The fourth-order valence-electron chi connectivity index (χ4n) is 1.39. The van der Waals surface area contributed by atoms with Gasteiger partial charge in [-0.3, -0.25) is 5.41 Å². The average Bonchev–Trinajstić information content (AvgIpc) is 2.37. The fraction of sp³-hybridized carbons (Fsp3) is 0.417. The van der Waals surface area contributed by atoms with Crippen LogP contribution in [0.5, 0.6) is 23.0 Å². The standard InChI is InChI=1S/C12H18N2O4/c1-7(12(13)14)18-8-5-9(15-2)11(17-4)10(6-8)16-3/h5-7H,1-4H3,(H3,13,14). The molecular weight excluding hydrogens is 236 g/mol. The predicted molar refractivity (Wildman–Crippen MR) is 68.1 cm³/mol. The van der Waals surface area contributed by atoms with Gasteiger partial charge < -0.3 is 24.7 Å². The number of benzene rings is 1. The molecule has 3 N–H and O–H groups in total. The van der Waals surface area contributed by atoms with E-state index in [9.17, 15) is 0 Å². The third-order valence-electron chi connectivity index (χ3n) is 2.39. The smallest absolute Gasteiger partial charge is 0.203 e. The van der Waals surface area contributed by atoms with Crippen LogP contribution in [0.15, 0.2) is 12.1 Å². The Bertz CT molecular complexity index is 409. The van der Waals surface area contributed by atoms with Crippen molar-refractivity contribution in [3.05, 3.63) is 12.1 Å². The second-order valence-corrected chi connectivity index (χ2v) is 3.58. The van der Waals surface area contributed by atoms with Gasteiger partial charge in [0.05, 0.1) is 21.3 Å². The molecule has 6 nitrogen and oxygen atoms in total. The maximum Gasteiger partial charge on any atom is 0.203 e. The van der Waals surface area contributed by atoms with E-state index in [4.69, 9.17) is 30.1 Å². The quantitative estimate of drug-likeness (QED) is 0.592. The van der Waals surface area contributed by atoms with Crippen molar-refractivity contribution < 1.29 is 18.9 Å². The van der Waals surface area contributed by atoms with Gasteiger partial charge in [-0.25, -0.2) is 0 Å². The highest BCUT2D eigenvalue weighted by Crippen LogP contribution is 2.40. The Balaban J connectivity index is 3.11. The first-order valence-corrected chi connectivity index (χ1v) is 5.34. The number of methoxy groups -OCH3 is 3. The summed E-state index contributed by atoms with van der Waals surface area (Å²) in [6.07, 6.45) is -0.521. The van der Waals surface area contributed by atoms with Crippen molar-refractivity contribution in [3.8, 4) is 23.0 Å². The molecule has 1 atom stereocenters.